The fourth-order valence-corrected chi connectivity index (χ4v) is 6.14. The maximum atomic E-state index is 13.9. The number of carbonyl (C=O) groups excluding carboxylic acids is 2. The van der Waals surface area contributed by atoms with Gasteiger partial charge in [0.15, 0.2) is 5.96 Å². The second kappa shape index (κ2) is 15.0. The van der Waals surface area contributed by atoms with Crippen LogP contribution in [0.5, 0.6) is 0 Å². The van der Waals surface area contributed by atoms with Crippen LogP contribution in [-0.2, 0) is 4.79 Å². The molecule has 216 valence electrons. The molecule has 1 heterocycles. The number of benzene rings is 3. The predicted molar refractivity (Wildman–Crippen MR) is 173 cm³/mol. The lowest BCUT2D eigenvalue weighted by Crippen LogP contribution is -2.49. The maximum Gasteiger partial charge on any atom is 0.251 e. The average Bonchev–Trinajstić information content (AvgIpc) is 3.11. The van der Waals surface area contributed by atoms with Gasteiger partial charge in [-0.15, -0.1) is 0 Å². The standard InChI is InChI=1S/C32H39IN6O2/c1-22-17-25(19-26(33)18-22)30(40)37-20-27-14-16-39(31(41)29(38-27)13-8-15-36-32(34)35)21-28(23-9-4-2-5-10-23)24-11-6-3-7-12-24/h2-7,9-12,17-19,27-29,38H,8,13-16,20-21H2,1H3,(H,37,40)(H4,34,35,36)/t27-,29-/m0/s1. The number of guanidine groups is 1. The minimum absolute atomic E-state index is 0.0451. The van der Waals surface area contributed by atoms with Crippen LogP contribution in [0.25, 0.3) is 0 Å². The highest BCUT2D eigenvalue weighted by Crippen LogP contribution is 2.27. The summed E-state index contributed by atoms with van der Waals surface area (Å²) in [5.41, 5.74) is 15.0. The number of halogens is 1. The third kappa shape index (κ3) is 9.02. The van der Waals surface area contributed by atoms with Crippen molar-refractivity contribution in [3.8, 4) is 0 Å². The van der Waals surface area contributed by atoms with Gasteiger partial charge in [0.25, 0.3) is 5.91 Å². The molecule has 6 N–H and O–H groups in total. The van der Waals surface area contributed by atoms with E-state index in [1.807, 2.05) is 66.4 Å². The van der Waals surface area contributed by atoms with Crippen LogP contribution in [0, 0.1) is 10.5 Å². The molecule has 0 saturated carbocycles. The van der Waals surface area contributed by atoms with Crippen molar-refractivity contribution >= 4 is 40.4 Å². The van der Waals surface area contributed by atoms with E-state index in [0.717, 1.165) is 15.6 Å². The number of hydrogen-bond acceptors (Lipinski definition) is 4. The Bertz CT molecular complexity index is 1270. The van der Waals surface area contributed by atoms with E-state index in [1.165, 1.54) is 11.1 Å². The molecule has 0 unspecified atom stereocenters. The molecule has 0 aromatic heterocycles. The van der Waals surface area contributed by atoms with E-state index in [0.29, 0.717) is 44.6 Å². The second-order valence-corrected chi connectivity index (χ2v) is 11.8. The smallest absolute Gasteiger partial charge is 0.251 e. The molecule has 4 rings (SSSR count). The van der Waals surface area contributed by atoms with Gasteiger partial charge in [-0.1, -0.05) is 60.7 Å². The summed E-state index contributed by atoms with van der Waals surface area (Å²) < 4.78 is 1.02. The highest BCUT2D eigenvalue weighted by molar-refractivity contribution is 14.1. The van der Waals surface area contributed by atoms with Crippen LogP contribution in [0.3, 0.4) is 0 Å². The van der Waals surface area contributed by atoms with Gasteiger partial charge in [-0.25, -0.2) is 0 Å². The molecule has 1 aliphatic heterocycles. The van der Waals surface area contributed by atoms with Crippen molar-refractivity contribution in [2.75, 3.05) is 26.2 Å². The fraction of sp³-hybridized carbons (Fsp3) is 0.344. The van der Waals surface area contributed by atoms with E-state index in [9.17, 15) is 9.59 Å². The molecule has 1 fully saturated rings. The third-order valence-corrected chi connectivity index (χ3v) is 7.98. The lowest BCUT2D eigenvalue weighted by Gasteiger charge is -2.29. The molecule has 0 aliphatic carbocycles. The van der Waals surface area contributed by atoms with Crippen molar-refractivity contribution in [1.82, 2.24) is 15.5 Å². The van der Waals surface area contributed by atoms with Crippen LogP contribution in [0.4, 0.5) is 0 Å². The average molecular weight is 667 g/mol. The van der Waals surface area contributed by atoms with Crippen molar-refractivity contribution in [2.24, 2.45) is 16.5 Å². The van der Waals surface area contributed by atoms with Gasteiger partial charge in [0.05, 0.1) is 6.04 Å². The Morgan fingerprint density at radius 2 is 1.73 bits per heavy atom. The van der Waals surface area contributed by atoms with E-state index in [4.69, 9.17) is 11.5 Å². The van der Waals surface area contributed by atoms with E-state index in [1.54, 1.807) is 0 Å². The van der Waals surface area contributed by atoms with Crippen LogP contribution in [0.1, 0.15) is 52.2 Å². The van der Waals surface area contributed by atoms with Gasteiger partial charge in [0, 0.05) is 47.3 Å². The second-order valence-electron chi connectivity index (χ2n) is 10.5. The zero-order valence-electron chi connectivity index (χ0n) is 23.4. The number of rotatable bonds is 11. The summed E-state index contributed by atoms with van der Waals surface area (Å²) >= 11 is 2.23. The predicted octanol–water partition coefficient (Wildman–Crippen LogP) is 3.77. The highest BCUT2D eigenvalue weighted by Gasteiger charge is 2.32. The highest BCUT2D eigenvalue weighted by atomic mass is 127. The molecule has 2 amide bonds. The molecule has 0 radical (unpaired) electrons. The van der Waals surface area contributed by atoms with Crippen LogP contribution >= 0.6 is 22.6 Å². The molecular weight excluding hydrogens is 627 g/mol. The van der Waals surface area contributed by atoms with E-state index < -0.39 is 6.04 Å². The van der Waals surface area contributed by atoms with Crippen molar-refractivity contribution in [2.45, 2.75) is 44.2 Å². The molecule has 0 bridgehead atoms. The molecule has 8 nitrogen and oxygen atoms in total. The molecule has 1 aliphatic rings. The molecule has 3 aromatic carbocycles. The third-order valence-electron chi connectivity index (χ3n) is 7.36. The van der Waals surface area contributed by atoms with Crippen molar-refractivity contribution in [1.29, 1.82) is 0 Å². The minimum Gasteiger partial charge on any atom is -0.370 e. The van der Waals surface area contributed by atoms with E-state index >= 15 is 0 Å². The lowest BCUT2D eigenvalue weighted by atomic mass is 9.90. The lowest BCUT2D eigenvalue weighted by molar-refractivity contribution is -0.133. The first-order valence-electron chi connectivity index (χ1n) is 14.1. The minimum atomic E-state index is -0.402. The molecule has 3 aromatic rings. The zero-order valence-corrected chi connectivity index (χ0v) is 25.6. The van der Waals surface area contributed by atoms with Gasteiger partial charge in [-0.2, -0.15) is 0 Å². The van der Waals surface area contributed by atoms with Crippen molar-refractivity contribution < 1.29 is 9.59 Å². The summed E-state index contributed by atoms with van der Waals surface area (Å²) in [6.07, 6.45) is 1.98. The normalized spacial score (nSPS) is 17.2. The summed E-state index contributed by atoms with van der Waals surface area (Å²) in [4.78, 5) is 33.0. The Morgan fingerprint density at radius 1 is 1.07 bits per heavy atom. The number of nitrogens with zero attached hydrogens (tertiary/aromatic N) is 2. The van der Waals surface area contributed by atoms with Crippen LogP contribution in [0.2, 0.25) is 0 Å². The number of nitrogens with one attached hydrogen (secondary N) is 2. The number of hydrogen-bond donors (Lipinski definition) is 4. The Balaban J connectivity index is 1.51. The van der Waals surface area contributed by atoms with Gasteiger partial charge in [-0.3, -0.25) is 14.6 Å². The first kappa shape index (κ1) is 30.5. The van der Waals surface area contributed by atoms with Gasteiger partial charge < -0.3 is 27.0 Å². The molecule has 2 atom stereocenters. The first-order valence-corrected chi connectivity index (χ1v) is 15.1. The quantitative estimate of drug-likeness (QED) is 0.107. The summed E-state index contributed by atoms with van der Waals surface area (Å²) in [5.74, 6) is 0.0439. The topological polar surface area (TPSA) is 126 Å². The van der Waals surface area contributed by atoms with Gasteiger partial charge in [0.2, 0.25) is 5.91 Å². The summed E-state index contributed by atoms with van der Waals surface area (Å²) in [6.45, 7) is 4.03. The van der Waals surface area contributed by atoms with Gasteiger partial charge in [-0.05, 0) is 83.7 Å². The number of carbonyl (C=O) groups is 2. The largest absolute Gasteiger partial charge is 0.370 e. The van der Waals surface area contributed by atoms with Crippen molar-refractivity contribution in [3.63, 3.8) is 0 Å². The Kier molecular flexibility index (Phi) is 11.1. The molecule has 1 saturated heterocycles. The molecule has 0 spiro atoms. The summed E-state index contributed by atoms with van der Waals surface area (Å²) in [6, 6.07) is 26.0. The van der Waals surface area contributed by atoms with Crippen molar-refractivity contribution in [3.05, 3.63) is 105 Å². The number of nitrogens with two attached hydrogens (primary N) is 2. The van der Waals surface area contributed by atoms with Gasteiger partial charge in [0.1, 0.15) is 0 Å². The Morgan fingerprint density at radius 3 is 2.34 bits per heavy atom. The van der Waals surface area contributed by atoms with E-state index in [-0.39, 0.29) is 29.7 Å². The Labute approximate surface area is 256 Å². The molecule has 41 heavy (non-hydrogen) atoms. The maximum absolute atomic E-state index is 13.9. The Hall–Kier alpha value is -3.44. The summed E-state index contributed by atoms with van der Waals surface area (Å²) in [7, 11) is 0. The van der Waals surface area contributed by atoms with Gasteiger partial charge >= 0.3 is 0 Å². The summed E-state index contributed by atoms with van der Waals surface area (Å²) in [5, 5.41) is 6.63. The monoisotopic (exact) mass is 666 g/mol. The SMILES string of the molecule is Cc1cc(I)cc(C(=O)NC[C@@H]2CCN(CC(c3ccccc3)c3ccccc3)C(=O)[C@H](CCCN=C(N)N)N2)c1. The van der Waals surface area contributed by atoms with Crippen LogP contribution < -0.4 is 22.1 Å². The molecular formula is C32H39IN6O2. The first-order chi connectivity index (χ1) is 19.8. The van der Waals surface area contributed by atoms with E-state index in [2.05, 4.69) is 62.5 Å². The number of amides is 2. The number of aliphatic imine (C=N–C) groups is 1. The fourth-order valence-electron chi connectivity index (χ4n) is 5.31. The van der Waals surface area contributed by atoms with Crippen LogP contribution in [0.15, 0.2) is 83.9 Å². The number of aryl methyl sites for hydroxylation is 1. The zero-order chi connectivity index (χ0) is 29.2. The van der Waals surface area contributed by atoms with Crippen LogP contribution in [-0.4, -0.2) is 60.9 Å². The molecule has 9 heteroatoms.